The lowest BCUT2D eigenvalue weighted by Gasteiger charge is -2.44. The summed E-state index contributed by atoms with van der Waals surface area (Å²) in [7, 11) is 0. The summed E-state index contributed by atoms with van der Waals surface area (Å²) in [6.07, 6.45) is 4.23. The van der Waals surface area contributed by atoms with Crippen LogP contribution in [0.5, 0.6) is 0 Å². The van der Waals surface area contributed by atoms with E-state index in [0.29, 0.717) is 32.1 Å². The Balaban J connectivity index is 2.03. The molecule has 2 aliphatic rings. The van der Waals surface area contributed by atoms with Gasteiger partial charge >= 0.3 is 0 Å². The number of carbonyl (C=O) groups excluding carboxylic acids is 2. The molecule has 1 atom stereocenters. The van der Waals surface area contributed by atoms with Crippen LogP contribution in [0.1, 0.15) is 52.9 Å². The highest BCUT2D eigenvalue weighted by Crippen LogP contribution is 2.35. The standard InChI is InChI=1S/C16H28N2O3/c1-4-13-14(19)17-16(7-5-6-8-16)15(20)18(13)9-10-21-11-12(2)3/h12-13H,4-11H2,1-3H3,(H,17,19). The third kappa shape index (κ3) is 3.39. The molecule has 1 saturated carbocycles. The number of carbonyl (C=O) groups is 2. The maximum atomic E-state index is 12.8. The van der Waals surface area contributed by atoms with Crippen LogP contribution >= 0.6 is 0 Å². The van der Waals surface area contributed by atoms with E-state index in [1.54, 1.807) is 4.90 Å². The van der Waals surface area contributed by atoms with Gasteiger partial charge in [0, 0.05) is 13.2 Å². The smallest absolute Gasteiger partial charge is 0.249 e. The summed E-state index contributed by atoms with van der Waals surface area (Å²) >= 11 is 0. The van der Waals surface area contributed by atoms with Gasteiger partial charge < -0.3 is 15.0 Å². The average Bonchev–Trinajstić information content (AvgIpc) is 2.89. The summed E-state index contributed by atoms with van der Waals surface area (Å²) in [6, 6.07) is -0.341. The minimum Gasteiger partial charge on any atom is -0.379 e. The summed E-state index contributed by atoms with van der Waals surface area (Å²) in [4.78, 5) is 26.9. The Morgan fingerprint density at radius 2 is 2.00 bits per heavy atom. The molecule has 5 heteroatoms. The van der Waals surface area contributed by atoms with Gasteiger partial charge in [-0.15, -0.1) is 0 Å². The number of nitrogens with one attached hydrogen (secondary N) is 1. The highest BCUT2D eigenvalue weighted by Gasteiger charge is 2.51. The van der Waals surface area contributed by atoms with Crippen molar-refractivity contribution in [2.24, 2.45) is 5.92 Å². The molecule has 2 fully saturated rings. The predicted octanol–water partition coefficient (Wildman–Crippen LogP) is 1.71. The zero-order valence-electron chi connectivity index (χ0n) is 13.5. The molecular formula is C16H28N2O3. The van der Waals surface area contributed by atoms with Crippen molar-refractivity contribution in [3.05, 3.63) is 0 Å². The first-order valence-electron chi connectivity index (χ1n) is 8.21. The first-order valence-corrected chi connectivity index (χ1v) is 8.21. The second-order valence-electron chi connectivity index (χ2n) is 6.67. The first kappa shape index (κ1) is 16.3. The Morgan fingerprint density at radius 1 is 1.33 bits per heavy atom. The zero-order valence-corrected chi connectivity index (χ0v) is 13.5. The zero-order chi connectivity index (χ0) is 15.5. The van der Waals surface area contributed by atoms with Crippen LogP contribution in [0.3, 0.4) is 0 Å². The van der Waals surface area contributed by atoms with E-state index >= 15 is 0 Å². The van der Waals surface area contributed by atoms with Crippen LogP contribution in [0.2, 0.25) is 0 Å². The molecule has 1 N–H and O–H groups in total. The van der Waals surface area contributed by atoms with Crippen LogP contribution in [-0.2, 0) is 14.3 Å². The van der Waals surface area contributed by atoms with E-state index in [9.17, 15) is 9.59 Å². The normalized spacial score (nSPS) is 25.0. The van der Waals surface area contributed by atoms with Gasteiger partial charge in [0.05, 0.1) is 6.61 Å². The van der Waals surface area contributed by atoms with E-state index < -0.39 is 5.54 Å². The van der Waals surface area contributed by atoms with E-state index in [-0.39, 0.29) is 17.9 Å². The lowest BCUT2D eigenvalue weighted by molar-refractivity contribution is -0.155. The van der Waals surface area contributed by atoms with Crippen molar-refractivity contribution >= 4 is 11.8 Å². The van der Waals surface area contributed by atoms with Gasteiger partial charge in [0.25, 0.3) is 0 Å². The van der Waals surface area contributed by atoms with Crippen LogP contribution < -0.4 is 5.32 Å². The SMILES string of the molecule is CCC1C(=O)NC2(CCCC2)C(=O)N1CCOCC(C)C. The van der Waals surface area contributed by atoms with Crippen molar-refractivity contribution < 1.29 is 14.3 Å². The quantitative estimate of drug-likeness (QED) is 0.759. The monoisotopic (exact) mass is 296 g/mol. The van der Waals surface area contributed by atoms with Gasteiger partial charge in [-0.2, -0.15) is 0 Å². The Labute approximate surface area is 127 Å². The van der Waals surface area contributed by atoms with Crippen LogP contribution in [-0.4, -0.2) is 48.1 Å². The van der Waals surface area contributed by atoms with Gasteiger partial charge in [-0.05, 0) is 25.2 Å². The van der Waals surface area contributed by atoms with Crippen LogP contribution in [0.15, 0.2) is 0 Å². The maximum Gasteiger partial charge on any atom is 0.249 e. The van der Waals surface area contributed by atoms with Gasteiger partial charge in [-0.1, -0.05) is 33.6 Å². The fraction of sp³-hybridized carbons (Fsp3) is 0.875. The van der Waals surface area contributed by atoms with Gasteiger partial charge in [0.15, 0.2) is 0 Å². The molecule has 120 valence electrons. The van der Waals surface area contributed by atoms with Gasteiger partial charge in [-0.25, -0.2) is 0 Å². The highest BCUT2D eigenvalue weighted by atomic mass is 16.5. The number of amides is 2. The van der Waals surface area contributed by atoms with Crippen molar-refractivity contribution in [3.8, 4) is 0 Å². The molecule has 0 aromatic heterocycles. The minimum absolute atomic E-state index is 0.00265. The van der Waals surface area contributed by atoms with Crippen molar-refractivity contribution in [3.63, 3.8) is 0 Å². The molecule has 21 heavy (non-hydrogen) atoms. The molecule has 1 heterocycles. The summed E-state index contributed by atoms with van der Waals surface area (Å²) < 4.78 is 5.60. The number of nitrogens with zero attached hydrogens (tertiary/aromatic N) is 1. The van der Waals surface area contributed by atoms with Gasteiger partial charge in [-0.3, -0.25) is 9.59 Å². The second-order valence-corrected chi connectivity index (χ2v) is 6.67. The molecule has 1 aliphatic heterocycles. The Morgan fingerprint density at radius 3 is 2.57 bits per heavy atom. The van der Waals surface area contributed by atoms with Crippen molar-refractivity contribution in [2.75, 3.05) is 19.8 Å². The van der Waals surface area contributed by atoms with Gasteiger partial charge in [0.1, 0.15) is 11.6 Å². The molecule has 0 radical (unpaired) electrons. The maximum absolute atomic E-state index is 12.8. The number of ether oxygens (including phenoxy) is 1. The highest BCUT2D eigenvalue weighted by molar-refractivity contribution is 6.00. The van der Waals surface area contributed by atoms with Crippen LogP contribution in [0, 0.1) is 5.92 Å². The molecule has 1 aliphatic carbocycles. The Hall–Kier alpha value is -1.10. The molecule has 1 unspecified atom stereocenters. The third-order valence-electron chi connectivity index (χ3n) is 4.48. The summed E-state index contributed by atoms with van der Waals surface area (Å²) in [5, 5.41) is 3.01. The predicted molar refractivity (Wildman–Crippen MR) is 80.8 cm³/mol. The van der Waals surface area contributed by atoms with E-state index in [2.05, 4.69) is 19.2 Å². The van der Waals surface area contributed by atoms with E-state index in [4.69, 9.17) is 4.74 Å². The molecule has 0 aromatic carbocycles. The number of hydrogen-bond donors (Lipinski definition) is 1. The molecule has 1 spiro atoms. The summed E-state index contributed by atoms with van der Waals surface area (Å²) in [5.74, 6) is 0.580. The van der Waals surface area contributed by atoms with E-state index in [0.717, 1.165) is 25.7 Å². The molecule has 1 saturated heterocycles. The Bertz CT molecular complexity index is 389. The minimum atomic E-state index is -0.624. The molecule has 0 bridgehead atoms. The van der Waals surface area contributed by atoms with Gasteiger partial charge in [0.2, 0.25) is 11.8 Å². The van der Waals surface area contributed by atoms with Crippen LogP contribution in [0.25, 0.3) is 0 Å². The average molecular weight is 296 g/mol. The number of rotatable bonds is 6. The van der Waals surface area contributed by atoms with Crippen molar-refractivity contribution in [1.82, 2.24) is 10.2 Å². The second kappa shape index (κ2) is 6.77. The largest absolute Gasteiger partial charge is 0.379 e. The van der Waals surface area contributed by atoms with Crippen LogP contribution in [0.4, 0.5) is 0 Å². The topological polar surface area (TPSA) is 58.6 Å². The lowest BCUT2D eigenvalue weighted by atomic mass is 9.90. The molecule has 5 nitrogen and oxygen atoms in total. The molecular weight excluding hydrogens is 268 g/mol. The molecule has 2 amide bonds. The van der Waals surface area contributed by atoms with E-state index in [1.165, 1.54) is 0 Å². The fourth-order valence-corrected chi connectivity index (χ4v) is 3.39. The fourth-order valence-electron chi connectivity index (χ4n) is 3.39. The summed E-state index contributed by atoms with van der Waals surface area (Å²) in [5.41, 5.74) is -0.624. The molecule has 2 rings (SSSR count). The number of piperazine rings is 1. The van der Waals surface area contributed by atoms with Crippen molar-refractivity contribution in [1.29, 1.82) is 0 Å². The van der Waals surface area contributed by atoms with Crippen molar-refractivity contribution in [2.45, 2.75) is 64.5 Å². The third-order valence-corrected chi connectivity index (χ3v) is 4.48. The molecule has 0 aromatic rings. The first-order chi connectivity index (χ1) is 10.00. The number of hydrogen-bond acceptors (Lipinski definition) is 3. The Kier molecular flexibility index (Phi) is 5.25. The van der Waals surface area contributed by atoms with E-state index in [1.807, 2.05) is 6.92 Å². The lowest BCUT2D eigenvalue weighted by Crippen LogP contribution is -2.69. The summed E-state index contributed by atoms with van der Waals surface area (Å²) in [6.45, 7) is 7.86.